The molecule has 1 amide bonds. The zero-order chi connectivity index (χ0) is 14.5. The van der Waals surface area contributed by atoms with Gasteiger partial charge in [-0.25, -0.2) is 0 Å². The minimum atomic E-state index is -0.108. The second kappa shape index (κ2) is 6.56. The molecule has 0 bridgehead atoms. The van der Waals surface area contributed by atoms with Crippen molar-refractivity contribution in [2.45, 2.75) is 33.4 Å². The summed E-state index contributed by atoms with van der Waals surface area (Å²) in [5, 5.41) is 11.7. The van der Waals surface area contributed by atoms with E-state index < -0.39 is 0 Å². The number of amides is 1. The molecule has 6 nitrogen and oxygen atoms in total. The Morgan fingerprint density at radius 2 is 2.15 bits per heavy atom. The maximum Gasteiger partial charge on any atom is 0.254 e. The lowest BCUT2D eigenvalue weighted by Crippen LogP contribution is -2.27. The number of carbonyl (C=O) groups is 1. The zero-order valence-electron chi connectivity index (χ0n) is 11.6. The SMILES string of the molecule is CCCn1ncc(C(=O)NCCn2cc(Cl)cn2)c1C. The summed E-state index contributed by atoms with van der Waals surface area (Å²) in [6.45, 7) is 5.89. The fourth-order valence-corrected chi connectivity index (χ4v) is 2.10. The average Bonchev–Trinajstić information content (AvgIpc) is 2.98. The summed E-state index contributed by atoms with van der Waals surface area (Å²) in [5.74, 6) is -0.108. The van der Waals surface area contributed by atoms with Gasteiger partial charge in [-0.2, -0.15) is 10.2 Å². The van der Waals surface area contributed by atoms with Crippen LogP contribution in [0.4, 0.5) is 0 Å². The molecule has 2 heterocycles. The van der Waals surface area contributed by atoms with Crippen LogP contribution in [0.15, 0.2) is 18.6 Å². The van der Waals surface area contributed by atoms with Crippen molar-refractivity contribution >= 4 is 17.5 Å². The standard InChI is InChI=1S/C13H18ClN5O/c1-3-5-19-10(2)12(8-17-19)13(20)15-4-6-18-9-11(14)7-16-18/h7-9H,3-6H2,1-2H3,(H,15,20). The molecule has 0 saturated heterocycles. The lowest BCUT2D eigenvalue weighted by Gasteiger charge is -2.06. The fourth-order valence-electron chi connectivity index (χ4n) is 1.95. The summed E-state index contributed by atoms with van der Waals surface area (Å²) in [6.07, 6.45) is 5.90. The maximum atomic E-state index is 12.1. The molecule has 108 valence electrons. The van der Waals surface area contributed by atoms with Gasteiger partial charge in [0, 0.05) is 25.0 Å². The summed E-state index contributed by atoms with van der Waals surface area (Å²) >= 11 is 5.77. The van der Waals surface area contributed by atoms with Crippen LogP contribution in [0.25, 0.3) is 0 Å². The van der Waals surface area contributed by atoms with Crippen molar-refractivity contribution in [2.75, 3.05) is 6.54 Å². The van der Waals surface area contributed by atoms with Gasteiger partial charge < -0.3 is 5.32 Å². The number of hydrogen-bond donors (Lipinski definition) is 1. The minimum absolute atomic E-state index is 0.108. The molecular weight excluding hydrogens is 278 g/mol. The third-order valence-corrected chi connectivity index (χ3v) is 3.21. The van der Waals surface area contributed by atoms with Crippen molar-refractivity contribution in [3.05, 3.63) is 34.9 Å². The van der Waals surface area contributed by atoms with Crippen LogP contribution in [0.5, 0.6) is 0 Å². The highest BCUT2D eigenvalue weighted by molar-refractivity contribution is 6.30. The summed E-state index contributed by atoms with van der Waals surface area (Å²) < 4.78 is 3.54. The summed E-state index contributed by atoms with van der Waals surface area (Å²) in [6, 6.07) is 0. The van der Waals surface area contributed by atoms with Crippen LogP contribution >= 0.6 is 11.6 Å². The van der Waals surface area contributed by atoms with Crippen LogP contribution in [-0.4, -0.2) is 32.0 Å². The number of hydrogen-bond acceptors (Lipinski definition) is 3. The van der Waals surface area contributed by atoms with Gasteiger partial charge in [-0.05, 0) is 13.3 Å². The molecule has 0 aliphatic rings. The van der Waals surface area contributed by atoms with E-state index in [9.17, 15) is 4.79 Å². The van der Waals surface area contributed by atoms with Gasteiger partial charge in [-0.1, -0.05) is 18.5 Å². The van der Waals surface area contributed by atoms with Crippen molar-refractivity contribution in [1.82, 2.24) is 24.9 Å². The lowest BCUT2D eigenvalue weighted by molar-refractivity contribution is 0.0951. The first-order valence-corrected chi connectivity index (χ1v) is 6.98. The third kappa shape index (κ3) is 3.39. The Hall–Kier alpha value is -1.82. The first-order valence-electron chi connectivity index (χ1n) is 6.60. The van der Waals surface area contributed by atoms with Crippen LogP contribution in [0.3, 0.4) is 0 Å². The second-order valence-corrected chi connectivity index (χ2v) is 4.98. The number of nitrogens with zero attached hydrogens (tertiary/aromatic N) is 4. The molecule has 7 heteroatoms. The van der Waals surface area contributed by atoms with E-state index in [4.69, 9.17) is 11.6 Å². The number of aryl methyl sites for hydroxylation is 1. The molecule has 0 aliphatic heterocycles. The molecule has 0 spiro atoms. The second-order valence-electron chi connectivity index (χ2n) is 4.54. The van der Waals surface area contributed by atoms with Crippen molar-refractivity contribution in [3.63, 3.8) is 0 Å². The molecule has 1 N–H and O–H groups in total. The fraction of sp³-hybridized carbons (Fsp3) is 0.462. The van der Waals surface area contributed by atoms with Crippen molar-refractivity contribution in [1.29, 1.82) is 0 Å². The van der Waals surface area contributed by atoms with Crippen molar-refractivity contribution < 1.29 is 4.79 Å². The molecule has 0 saturated carbocycles. The van der Waals surface area contributed by atoms with Gasteiger partial charge in [0.25, 0.3) is 5.91 Å². The third-order valence-electron chi connectivity index (χ3n) is 3.01. The Bertz CT molecular complexity index is 589. The molecule has 2 aromatic heterocycles. The Balaban J connectivity index is 1.88. The molecular formula is C13H18ClN5O. The van der Waals surface area contributed by atoms with Crippen LogP contribution < -0.4 is 5.32 Å². The van der Waals surface area contributed by atoms with E-state index in [1.54, 1.807) is 23.3 Å². The average molecular weight is 296 g/mol. The van der Waals surface area contributed by atoms with Gasteiger partial charge in [-0.3, -0.25) is 14.2 Å². The molecule has 2 rings (SSSR count). The maximum absolute atomic E-state index is 12.1. The van der Waals surface area contributed by atoms with E-state index in [2.05, 4.69) is 22.4 Å². The number of carbonyl (C=O) groups excluding carboxylic acids is 1. The Morgan fingerprint density at radius 1 is 1.35 bits per heavy atom. The molecule has 0 aliphatic carbocycles. The van der Waals surface area contributed by atoms with Gasteiger partial charge in [0.05, 0.1) is 29.5 Å². The topological polar surface area (TPSA) is 64.7 Å². The van der Waals surface area contributed by atoms with E-state index in [1.807, 2.05) is 11.6 Å². The molecule has 0 radical (unpaired) electrons. The number of halogens is 1. The quantitative estimate of drug-likeness (QED) is 0.885. The van der Waals surface area contributed by atoms with Crippen molar-refractivity contribution in [2.24, 2.45) is 0 Å². The molecule has 0 aromatic carbocycles. The Kier molecular flexibility index (Phi) is 4.79. The number of nitrogens with one attached hydrogen (secondary N) is 1. The number of rotatable bonds is 6. The summed E-state index contributed by atoms with van der Waals surface area (Å²) in [7, 11) is 0. The largest absolute Gasteiger partial charge is 0.350 e. The van der Waals surface area contributed by atoms with Gasteiger partial charge in [0.15, 0.2) is 0 Å². The smallest absolute Gasteiger partial charge is 0.254 e. The van der Waals surface area contributed by atoms with Gasteiger partial charge in [0.1, 0.15) is 0 Å². The molecule has 0 atom stereocenters. The van der Waals surface area contributed by atoms with Crippen molar-refractivity contribution in [3.8, 4) is 0 Å². The van der Waals surface area contributed by atoms with Crippen LogP contribution in [0, 0.1) is 6.92 Å². The van der Waals surface area contributed by atoms with Gasteiger partial charge in [-0.15, -0.1) is 0 Å². The van der Waals surface area contributed by atoms with E-state index in [0.29, 0.717) is 23.7 Å². The molecule has 0 fully saturated rings. The Morgan fingerprint density at radius 3 is 2.80 bits per heavy atom. The van der Waals surface area contributed by atoms with E-state index >= 15 is 0 Å². The summed E-state index contributed by atoms with van der Waals surface area (Å²) in [5.41, 5.74) is 1.52. The lowest BCUT2D eigenvalue weighted by atomic mass is 10.2. The predicted octanol–water partition coefficient (Wildman–Crippen LogP) is 1.88. The van der Waals surface area contributed by atoms with E-state index in [-0.39, 0.29) is 5.91 Å². The first kappa shape index (κ1) is 14.6. The highest BCUT2D eigenvalue weighted by atomic mass is 35.5. The summed E-state index contributed by atoms with van der Waals surface area (Å²) in [4.78, 5) is 12.1. The van der Waals surface area contributed by atoms with Gasteiger partial charge in [0.2, 0.25) is 0 Å². The van der Waals surface area contributed by atoms with Crippen LogP contribution in [0.2, 0.25) is 5.02 Å². The van der Waals surface area contributed by atoms with E-state index in [1.165, 1.54) is 0 Å². The Labute approximate surface area is 122 Å². The molecule has 20 heavy (non-hydrogen) atoms. The first-order chi connectivity index (χ1) is 9.61. The normalized spacial score (nSPS) is 10.8. The van der Waals surface area contributed by atoms with Gasteiger partial charge >= 0.3 is 0 Å². The zero-order valence-corrected chi connectivity index (χ0v) is 12.4. The molecule has 2 aromatic rings. The monoisotopic (exact) mass is 295 g/mol. The highest BCUT2D eigenvalue weighted by Crippen LogP contribution is 2.08. The molecule has 0 unspecified atom stereocenters. The predicted molar refractivity (Wildman–Crippen MR) is 76.8 cm³/mol. The minimum Gasteiger partial charge on any atom is -0.350 e. The van der Waals surface area contributed by atoms with Crippen LogP contribution in [-0.2, 0) is 13.1 Å². The number of aromatic nitrogens is 4. The van der Waals surface area contributed by atoms with E-state index in [0.717, 1.165) is 18.7 Å². The highest BCUT2D eigenvalue weighted by Gasteiger charge is 2.13. The van der Waals surface area contributed by atoms with Crippen LogP contribution in [0.1, 0.15) is 29.4 Å².